The summed E-state index contributed by atoms with van der Waals surface area (Å²) in [4.78, 5) is 44.6. The summed E-state index contributed by atoms with van der Waals surface area (Å²) < 4.78 is 6.62. The molecule has 1 N–H and O–H groups in total. The molecule has 0 spiro atoms. The highest BCUT2D eigenvalue weighted by Crippen LogP contribution is 2.28. The van der Waals surface area contributed by atoms with E-state index in [0.717, 1.165) is 0 Å². The van der Waals surface area contributed by atoms with Crippen LogP contribution in [0.15, 0.2) is 77.7 Å². The molecular weight excluding hydrogens is 458 g/mol. The summed E-state index contributed by atoms with van der Waals surface area (Å²) in [5.41, 5.74) is 1.76. The number of hydrogen-bond donors (Lipinski definition) is 1. The number of fused-ring (bicyclic) bond motifs is 1. The molecule has 1 unspecified atom stereocenters. The molecule has 0 bridgehead atoms. The summed E-state index contributed by atoms with van der Waals surface area (Å²) in [5, 5.41) is 8.67. The molecule has 5 rings (SSSR count). The van der Waals surface area contributed by atoms with Gasteiger partial charge in [0.05, 0.1) is 42.9 Å². The molecule has 182 valence electrons. The fourth-order valence-electron chi connectivity index (χ4n) is 4.41. The first-order valence-corrected chi connectivity index (χ1v) is 11.6. The fourth-order valence-corrected chi connectivity index (χ4v) is 4.41. The first-order chi connectivity index (χ1) is 17.5. The monoisotopic (exact) mass is 483 g/mol. The van der Waals surface area contributed by atoms with Gasteiger partial charge in [0.2, 0.25) is 11.8 Å². The molecule has 2 aromatic heterocycles. The van der Waals surface area contributed by atoms with Crippen molar-refractivity contribution in [2.75, 3.05) is 18.6 Å². The van der Waals surface area contributed by atoms with Crippen LogP contribution in [0.5, 0.6) is 5.75 Å². The molecule has 1 atom stereocenters. The number of benzene rings is 2. The lowest BCUT2D eigenvalue weighted by molar-refractivity contribution is -0.126. The molecular formula is C27H25N5O4. The maximum Gasteiger partial charge on any atom is 0.275 e. The van der Waals surface area contributed by atoms with Crippen molar-refractivity contribution < 1.29 is 14.3 Å². The summed E-state index contributed by atoms with van der Waals surface area (Å²) in [5.74, 6) is -0.195. The number of carbonyl (C=O) groups is 2. The lowest BCUT2D eigenvalue weighted by Gasteiger charge is -2.17. The van der Waals surface area contributed by atoms with Gasteiger partial charge in [-0.2, -0.15) is 5.10 Å². The quantitative estimate of drug-likeness (QED) is 0.433. The number of anilines is 1. The van der Waals surface area contributed by atoms with Gasteiger partial charge in [0, 0.05) is 36.3 Å². The Bertz CT molecular complexity index is 1480. The van der Waals surface area contributed by atoms with Gasteiger partial charge in [-0.25, -0.2) is 4.68 Å². The number of aromatic nitrogens is 3. The Hall–Kier alpha value is -4.53. The maximum atomic E-state index is 13.0. The van der Waals surface area contributed by atoms with Crippen molar-refractivity contribution in [3.05, 3.63) is 94.7 Å². The summed E-state index contributed by atoms with van der Waals surface area (Å²) >= 11 is 0. The zero-order valence-electron chi connectivity index (χ0n) is 19.8. The second kappa shape index (κ2) is 9.99. The fraction of sp³-hybridized carbons (Fsp3) is 0.222. The van der Waals surface area contributed by atoms with E-state index >= 15 is 0 Å². The SMILES string of the molecule is COc1cccc(N2CC(C(=O)NCc3nn(Cc4ccccn4)c(=O)c4ccccc34)CC2=O)c1. The van der Waals surface area contributed by atoms with Gasteiger partial charge in [-0.15, -0.1) is 0 Å². The average molecular weight is 484 g/mol. The molecule has 3 heterocycles. The second-order valence-corrected chi connectivity index (χ2v) is 8.60. The van der Waals surface area contributed by atoms with E-state index in [1.165, 1.54) is 4.68 Å². The van der Waals surface area contributed by atoms with Crippen molar-refractivity contribution in [2.24, 2.45) is 5.92 Å². The Morgan fingerprint density at radius 3 is 2.64 bits per heavy atom. The topological polar surface area (TPSA) is 106 Å². The van der Waals surface area contributed by atoms with Gasteiger partial charge in [0.25, 0.3) is 5.56 Å². The van der Waals surface area contributed by atoms with Crippen molar-refractivity contribution in [3.63, 3.8) is 0 Å². The van der Waals surface area contributed by atoms with E-state index in [4.69, 9.17) is 4.74 Å². The molecule has 9 heteroatoms. The number of carbonyl (C=O) groups excluding carboxylic acids is 2. The molecule has 0 saturated carbocycles. The minimum Gasteiger partial charge on any atom is -0.497 e. The van der Waals surface area contributed by atoms with Crippen molar-refractivity contribution in [3.8, 4) is 5.75 Å². The number of rotatable bonds is 7. The first-order valence-electron chi connectivity index (χ1n) is 11.6. The summed E-state index contributed by atoms with van der Waals surface area (Å²) in [6, 6.07) is 19.9. The number of ether oxygens (including phenoxy) is 1. The molecule has 1 saturated heterocycles. The predicted molar refractivity (Wildman–Crippen MR) is 135 cm³/mol. The van der Waals surface area contributed by atoms with Crippen LogP contribution in [0.1, 0.15) is 17.8 Å². The minimum absolute atomic E-state index is 0.115. The number of pyridine rings is 1. The Morgan fingerprint density at radius 2 is 1.86 bits per heavy atom. The van der Waals surface area contributed by atoms with E-state index in [0.29, 0.717) is 33.6 Å². The van der Waals surface area contributed by atoms with Crippen LogP contribution in [-0.2, 0) is 22.7 Å². The standard InChI is InChI=1S/C27H25N5O4/c1-36-21-9-6-8-20(14-21)31-16-18(13-25(31)33)26(34)29-15-24-22-10-2-3-11-23(22)27(35)32(30-24)17-19-7-4-5-12-28-19/h2-12,14,18H,13,15-17H2,1H3,(H,29,34). The Balaban J connectivity index is 1.34. The zero-order valence-corrected chi connectivity index (χ0v) is 19.8. The first kappa shape index (κ1) is 23.2. The maximum absolute atomic E-state index is 13.0. The van der Waals surface area contributed by atoms with Crippen LogP contribution >= 0.6 is 0 Å². The van der Waals surface area contributed by atoms with Crippen molar-refractivity contribution in [1.29, 1.82) is 0 Å². The van der Waals surface area contributed by atoms with Crippen molar-refractivity contribution in [2.45, 2.75) is 19.5 Å². The molecule has 1 aliphatic heterocycles. The molecule has 9 nitrogen and oxygen atoms in total. The van der Waals surface area contributed by atoms with E-state index in [9.17, 15) is 14.4 Å². The Morgan fingerprint density at radius 1 is 1.06 bits per heavy atom. The average Bonchev–Trinajstić information content (AvgIpc) is 3.31. The van der Waals surface area contributed by atoms with Crippen molar-refractivity contribution in [1.82, 2.24) is 20.1 Å². The van der Waals surface area contributed by atoms with E-state index in [-0.39, 0.29) is 43.4 Å². The van der Waals surface area contributed by atoms with Gasteiger partial charge in [-0.1, -0.05) is 30.3 Å². The Labute approximate surface area is 207 Å². The van der Waals surface area contributed by atoms with Gasteiger partial charge in [0.1, 0.15) is 5.75 Å². The highest BCUT2D eigenvalue weighted by Gasteiger charge is 2.35. The number of methoxy groups -OCH3 is 1. The highest BCUT2D eigenvalue weighted by atomic mass is 16.5. The summed E-state index contributed by atoms with van der Waals surface area (Å²) in [6.45, 7) is 0.634. The van der Waals surface area contributed by atoms with E-state index in [2.05, 4.69) is 15.4 Å². The Kier molecular flexibility index (Phi) is 6.44. The van der Waals surface area contributed by atoms with Gasteiger partial charge >= 0.3 is 0 Å². The number of nitrogens with one attached hydrogen (secondary N) is 1. The van der Waals surface area contributed by atoms with E-state index < -0.39 is 5.92 Å². The highest BCUT2D eigenvalue weighted by molar-refractivity contribution is 6.00. The van der Waals surface area contributed by atoms with Crippen LogP contribution in [0.3, 0.4) is 0 Å². The zero-order chi connectivity index (χ0) is 25.1. The lowest BCUT2D eigenvalue weighted by Crippen LogP contribution is -2.34. The number of amides is 2. The van der Waals surface area contributed by atoms with E-state index in [1.54, 1.807) is 42.5 Å². The largest absolute Gasteiger partial charge is 0.497 e. The molecule has 2 aromatic carbocycles. The van der Waals surface area contributed by atoms with Crippen LogP contribution in [-0.4, -0.2) is 40.2 Å². The number of nitrogens with zero attached hydrogens (tertiary/aromatic N) is 4. The lowest BCUT2D eigenvalue weighted by atomic mass is 10.1. The molecule has 0 aliphatic carbocycles. The van der Waals surface area contributed by atoms with Crippen LogP contribution < -0.4 is 20.5 Å². The minimum atomic E-state index is -0.491. The predicted octanol–water partition coefficient (Wildman–Crippen LogP) is 2.52. The van der Waals surface area contributed by atoms with Gasteiger partial charge in [-0.3, -0.25) is 19.4 Å². The van der Waals surface area contributed by atoms with Gasteiger partial charge in [0.15, 0.2) is 0 Å². The second-order valence-electron chi connectivity index (χ2n) is 8.60. The smallest absolute Gasteiger partial charge is 0.275 e. The molecule has 2 amide bonds. The van der Waals surface area contributed by atoms with Gasteiger partial charge in [-0.05, 0) is 30.3 Å². The van der Waals surface area contributed by atoms with Crippen LogP contribution in [0.4, 0.5) is 5.69 Å². The molecule has 36 heavy (non-hydrogen) atoms. The molecule has 1 aliphatic rings. The third-order valence-electron chi connectivity index (χ3n) is 6.27. The number of hydrogen-bond acceptors (Lipinski definition) is 6. The van der Waals surface area contributed by atoms with Crippen LogP contribution in [0, 0.1) is 5.92 Å². The normalized spacial score (nSPS) is 15.3. The van der Waals surface area contributed by atoms with Crippen LogP contribution in [0.25, 0.3) is 10.8 Å². The van der Waals surface area contributed by atoms with Crippen molar-refractivity contribution >= 4 is 28.3 Å². The van der Waals surface area contributed by atoms with Gasteiger partial charge < -0.3 is 15.0 Å². The summed E-state index contributed by atoms with van der Waals surface area (Å²) in [7, 11) is 1.57. The molecule has 0 radical (unpaired) electrons. The van der Waals surface area contributed by atoms with E-state index in [1.807, 2.05) is 42.5 Å². The molecule has 4 aromatic rings. The molecule has 1 fully saturated rings. The third-order valence-corrected chi connectivity index (χ3v) is 6.27. The summed E-state index contributed by atoms with van der Waals surface area (Å²) in [6.07, 6.45) is 1.79. The third kappa shape index (κ3) is 4.68. The van der Waals surface area contributed by atoms with Crippen LogP contribution in [0.2, 0.25) is 0 Å².